The van der Waals surface area contributed by atoms with Crippen LogP contribution < -0.4 is 15.2 Å². The maximum Gasteiger partial charge on any atom is 0.122 e. The quantitative estimate of drug-likeness (QED) is 0.511. The van der Waals surface area contributed by atoms with E-state index in [1.807, 2.05) is 24.3 Å². The van der Waals surface area contributed by atoms with Gasteiger partial charge in [0.1, 0.15) is 11.5 Å². The van der Waals surface area contributed by atoms with E-state index >= 15 is 0 Å². The number of benzene rings is 1. The highest BCUT2D eigenvalue weighted by Crippen LogP contribution is 2.17. The first-order chi connectivity index (χ1) is 11.3. The Morgan fingerprint density at radius 1 is 0.739 bits per heavy atom. The summed E-state index contributed by atoms with van der Waals surface area (Å²) >= 11 is 0. The Bertz CT molecular complexity index is 326. The topological polar surface area (TPSA) is 44.5 Å². The van der Waals surface area contributed by atoms with Crippen LogP contribution >= 0.6 is 0 Å². The van der Waals surface area contributed by atoms with Gasteiger partial charge < -0.3 is 15.2 Å². The number of ether oxygens (including phenoxy) is 2. The van der Waals surface area contributed by atoms with E-state index in [2.05, 4.69) is 6.92 Å². The van der Waals surface area contributed by atoms with E-state index in [-0.39, 0.29) is 0 Å². The second-order valence-electron chi connectivity index (χ2n) is 5.85. The summed E-state index contributed by atoms with van der Waals surface area (Å²) in [5.74, 6) is 1.64. The van der Waals surface area contributed by atoms with Gasteiger partial charge in [0, 0.05) is 6.07 Å². The number of hydrogen-bond donors (Lipinski definition) is 1. The van der Waals surface area contributed by atoms with Gasteiger partial charge in [-0.05, 0) is 25.1 Å². The average Bonchev–Trinajstić information content (AvgIpc) is 2.61. The summed E-state index contributed by atoms with van der Waals surface area (Å²) in [7, 11) is 3.27. The van der Waals surface area contributed by atoms with Gasteiger partial charge in [-0.3, -0.25) is 0 Å². The molecule has 0 amide bonds. The normalized spacial score (nSPS) is 9.91. The molecule has 0 saturated heterocycles. The van der Waals surface area contributed by atoms with Crippen LogP contribution in [0.4, 0.5) is 0 Å². The van der Waals surface area contributed by atoms with Crippen molar-refractivity contribution in [2.75, 3.05) is 20.8 Å². The van der Waals surface area contributed by atoms with Crippen LogP contribution in [-0.2, 0) is 0 Å². The van der Waals surface area contributed by atoms with E-state index in [0.29, 0.717) is 0 Å². The summed E-state index contributed by atoms with van der Waals surface area (Å²) in [4.78, 5) is 0. The fourth-order valence-corrected chi connectivity index (χ4v) is 2.36. The monoisotopic (exact) mass is 323 g/mol. The van der Waals surface area contributed by atoms with Crippen molar-refractivity contribution in [1.82, 2.24) is 0 Å². The summed E-state index contributed by atoms with van der Waals surface area (Å²) in [5, 5.41) is 0. The number of hydrogen-bond acceptors (Lipinski definition) is 3. The number of nitrogens with two attached hydrogens (primary N) is 1. The molecule has 2 N–H and O–H groups in total. The molecule has 0 spiro atoms. The summed E-state index contributed by atoms with van der Waals surface area (Å²) in [6.07, 6.45) is 13.9. The first-order valence-corrected chi connectivity index (χ1v) is 9.16. The standard InChI is InChI=1S/C12H27N.C8H10O2/c1-2-3-4-5-6-7-8-9-10-11-12-13;1-9-7-4-3-5-8(6-7)10-2/h2-13H2,1H3;3-6H,1-2H3. The SMILES string of the molecule is CCCCCCCCCCCCN.COc1cccc(OC)c1. The van der Waals surface area contributed by atoms with Gasteiger partial charge in [-0.15, -0.1) is 0 Å². The van der Waals surface area contributed by atoms with Gasteiger partial charge >= 0.3 is 0 Å². The number of methoxy groups -OCH3 is 2. The zero-order valence-electron chi connectivity index (χ0n) is 15.5. The van der Waals surface area contributed by atoms with Crippen LogP contribution in [0.15, 0.2) is 24.3 Å². The lowest BCUT2D eigenvalue weighted by Crippen LogP contribution is -1.97. The Labute approximate surface area is 143 Å². The summed E-state index contributed by atoms with van der Waals surface area (Å²) in [6.45, 7) is 3.14. The third kappa shape index (κ3) is 14.1. The molecule has 0 heterocycles. The molecule has 0 aliphatic carbocycles. The Kier molecular flexibility index (Phi) is 16.2. The van der Waals surface area contributed by atoms with Crippen LogP contribution in [0.1, 0.15) is 71.1 Å². The number of rotatable bonds is 12. The maximum absolute atomic E-state index is 5.42. The third-order valence-electron chi connectivity index (χ3n) is 3.83. The van der Waals surface area contributed by atoms with E-state index in [9.17, 15) is 0 Å². The minimum atomic E-state index is 0.819. The molecule has 0 bridgehead atoms. The fraction of sp³-hybridized carbons (Fsp3) is 0.700. The van der Waals surface area contributed by atoms with Crippen molar-refractivity contribution < 1.29 is 9.47 Å². The lowest BCUT2D eigenvalue weighted by atomic mass is 10.1. The minimum absolute atomic E-state index is 0.819. The van der Waals surface area contributed by atoms with Crippen LogP contribution in [0, 0.1) is 0 Å². The molecular formula is C20H37NO2. The summed E-state index contributed by atoms with van der Waals surface area (Å²) < 4.78 is 9.95. The van der Waals surface area contributed by atoms with E-state index in [0.717, 1.165) is 18.0 Å². The van der Waals surface area contributed by atoms with Gasteiger partial charge in [0.15, 0.2) is 0 Å². The van der Waals surface area contributed by atoms with Gasteiger partial charge in [-0.25, -0.2) is 0 Å². The largest absolute Gasteiger partial charge is 0.497 e. The van der Waals surface area contributed by atoms with Crippen LogP contribution in [0.25, 0.3) is 0 Å². The molecule has 134 valence electrons. The zero-order chi connectivity index (χ0) is 17.2. The molecule has 0 saturated carbocycles. The fourth-order valence-electron chi connectivity index (χ4n) is 2.36. The molecular weight excluding hydrogens is 286 g/mol. The van der Waals surface area contributed by atoms with Gasteiger partial charge in [-0.1, -0.05) is 70.8 Å². The van der Waals surface area contributed by atoms with Gasteiger partial charge in [0.25, 0.3) is 0 Å². The molecule has 0 fully saturated rings. The van der Waals surface area contributed by atoms with Crippen molar-refractivity contribution >= 4 is 0 Å². The molecule has 3 heteroatoms. The van der Waals surface area contributed by atoms with Crippen molar-refractivity contribution in [3.8, 4) is 11.5 Å². The molecule has 1 rings (SSSR count). The maximum atomic E-state index is 5.42. The van der Waals surface area contributed by atoms with Crippen molar-refractivity contribution in [2.45, 2.75) is 71.1 Å². The van der Waals surface area contributed by atoms with E-state index in [1.54, 1.807) is 14.2 Å². The second-order valence-corrected chi connectivity index (χ2v) is 5.85. The highest BCUT2D eigenvalue weighted by molar-refractivity contribution is 5.32. The van der Waals surface area contributed by atoms with Crippen LogP contribution in [0.2, 0.25) is 0 Å². The first kappa shape index (κ1) is 21.8. The van der Waals surface area contributed by atoms with E-state index in [1.165, 1.54) is 64.2 Å². The van der Waals surface area contributed by atoms with Crippen LogP contribution in [-0.4, -0.2) is 20.8 Å². The van der Waals surface area contributed by atoms with Gasteiger partial charge in [0.2, 0.25) is 0 Å². The zero-order valence-corrected chi connectivity index (χ0v) is 15.5. The van der Waals surface area contributed by atoms with E-state index < -0.39 is 0 Å². The lowest BCUT2D eigenvalue weighted by molar-refractivity contribution is 0.394. The lowest BCUT2D eigenvalue weighted by Gasteiger charge is -2.01. The predicted octanol–water partition coefficient (Wildman–Crippen LogP) is 5.57. The third-order valence-corrected chi connectivity index (χ3v) is 3.83. The predicted molar refractivity (Wildman–Crippen MR) is 100 cm³/mol. The van der Waals surface area contributed by atoms with Crippen molar-refractivity contribution in [3.63, 3.8) is 0 Å². The van der Waals surface area contributed by atoms with E-state index in [4.69, 9.17) is 15.2 Å². The Hall–Kier alpha value is -1.22. The van der Waals surface area contributed by atoms with Gasteiger partial charge in [-0.2, -0.15) is 0 Å². The molecule has 1 aromatic carbocycles. The molecule has 1 aromatic rings. The first-order valence-electron chi connectivity index (χ1n) is 9.16. The Morgan fingerprint density at radius 3 is 1.57 bits per heavy atom. The second kappa shape index (κ2) is 17.1. The average molecular weight is 324 g/mol. The molecule has 0 aliphatic rings. The molecule has 0 aromatic heterocycles. The van der Waals surface area contributed by atoms with Crippen molar-refractivity contribution in [1.29, 1.82) is 0 Å². The van der Waals surface area contributed by atoms with Crippen molar-refractivity contribution in [2.24, 2.45) is 5.73 Å². The number of unbranched alkanes of at least 4 members (excludes halogenated alkanes) is 9. The Balaban J connectivity index is 0.000000433. The molecule has 0 unspecified atom stereocenters. The summed E-state index contributed by atoms with van der Waals surface area (Å²) in [5.41, 5.74) is 5.42. The molecule has 23 heavy (non-hydrogen) atoms. The van der Waals surface area contributed by atoms with Gasteiger partial charge in [0.05, 0.1) is 14.2 Å². The highest BCUT2D eigenvalue weighted by Gasteiger charge is 1.92. The van der Waals surface area contributed by atoms with Crippen LogP contribution in [0.3, 0.4) is 0 Å². The Morgan fingerprint density at radius 2 is 1.17 bits per heavy atom. The highest BCUT2D eigenvalue weighted by atomic mass is 16.5. The minimum Gasteiger partial charge on any atom is -0.497 e. The summed E-state index contributed by atoms with van der Waals surface area (Å²) in [6, 6.07) is 7.47. The van der Waals surface area contributed by atoms with Crippen molar-refractivity contribution in [3.05, 3.63) is 24.3 Å². The van der Waals surface area contributed by atoms with Crippen LogP contribution in [0.5, 0.6) is 11.5 Å². The molecule has 3 nitrogen and oxygen atoms in total. The smallest absolute Gasteiger partial charge is 0.122 e. The molecule has 0 atom stereocenters. The molecule has 0 radical (unpaired) electrons. The molecule has 0 aliphatic heterocycles.